The smallest absolute Gasteiger partial charge is 0.148 e. The molecule has 0 aromatic heterocycles. The molecule has 0 amide bonds. The predicted molar refractivity (Wildman–Crippen MR) is 116 cm³/mol. The van der Waals surface area contributed by atoms with Crippen LogP contribution in [0, 0.1) is 16.9 Å². The van der Waals surface area contributed by atoms with Gasteiger partial charge in [0.2, 0.25) is 0 Å². The summed E-state index contributed by atoms with van der Waals surface area (Å²) < 4.78 is 5.44. The summed E-state index contributed by atoms with van der Waals surface area (Å²) in [4.78, 5) is 26.2. The highest BCUT2D eigenvalue weighted by molar-refractivity contribution is 6.83. The number of carbonyl (C=O) groups excluding carboxylic acids is 2. The lowest BCUT2D eigenvalue weighted by atomic mass is 9.63. The number of halogens is 1. The van der Waals surface area contributed by atoms with Crippen molar-refractivity contribution in [1.82, 2.24) is 0 Å². The van der Waals surface area contributed by atoms with Crippen LogP contribution in [0.2, 0.25) is 24.7 Å². The molecule has 1 saturated carbocycles. The zero-order chi connectivity index (χ0) is 20.5. The van der Waals surface area contributed by atoms with Gasteiger partial charge >= 0.3 is 0 Å². The number of hydrogen-bond donors (Lipinski definition) is 0. The molecule has 1 aliphatic carbocycles. The summed E-state index contributed by atoms with van der Waals surface area (Å²) in [5, 5.41) is 0.494. The third kappa shape index (κ3) is 4.59. The van der Waals surface area contributed by atoms with E-state index in [0.717, 1.165) is 24.0 Å². The summed E-state index contributed by atoms with van der Waals surface area (Å²) in [6.07, 6.45) is 3.19. The molecule has 1 heterocycles. The molecule has 0 N–H and O–H groups in total. The molecule has 2 fully saturated rings. The lowest BCUT2D eigenvalue weighted by molar-refractivity contribution is -0.139. The van der Waals surface area contributed by atoms with E-state index in [0.29, 0.717) is 43.1 Å². The van der Waals surface area contributed by atoms with Gasteiger partial charge in [-0.25, -0.2) is 0 Å². The van der Waals surface area contributed by atoms with Crippen LogP contribution in [0.25, 0.3) is 0 Å². The molecule has 1 aromatic rings. The summed E-state index contributed by atoms with van der Waals surface area (Å²) in [5.74, 6) is 2.54. The lowest BCUT2D eigenvalue weighted by Gasteiger charge is -2.41. The van der Waals surface area contributed by atoms with E-state index in [9.17, 15) is 9.59 Å². The molecule has 28 heavy (non-hydrogen) atoms. The van der Waals surface area contributed by atoms with Crippen LogP contribution in [0.3, 0.4) is 0 Å². The van der Waals surface area contributed by atoms with Crippen LogP contribution in [-0.2, 0) is 20.7 Å². The first-order chi connectivity index (χ1) is 13.1. The van der Waals surface area contributed by atoms with Gasteiger partial charge in [0.15, 0.2) is 0 Å². The van der Waals surface area contributed by atoms with E-state index in [2.05, 4.69) is 31.1 Å². The Balaban J connectivity index is 1.95. The molecule has 1 saturated heterocycles. The van der Waals surface area contributed by atoms with E-state index in [-0.39, 0.29) is 17.0 Å². The predicted octanol–water partition coefficient (Wildman–Crippen LogP) is 4.94. The van der Waals surface area contributed by atoms with E-state index in [1.165, 1.54) is 0 Å². The molecule has 0 bridgehead atoms. The third-order valence-electron chi connectivity index (χ3n) is 5.76. The van der Waals surface area contributed by atoms with Gasteiger partial charge in [0, 0.05) is 36.6 Å². The van der Waals surface area contributed by atoms with Gasteiger partial charge in [-0.15, -0.1) is 5.54 Å². The summed E-state index contributed by atoms with van der Waals surface area (Å²) in [6, 6.07) is 3.83. The zero-order valence-electron chi connectivity index (χ0n) is 17.3. The first-order valence-electron chi connectivity index (χ1n) is 10.1. The molecule has 1 aromatic carbocycles. The maximum atomic E-state index is 13.1. The van der Waals surface area contributed by atoms with Crippen LogP contribution in [0.4, 0.5) is 0 Å². The van der Waals surface area contributed by atoms with Gasteiger partial charge in [0.05, 0.1) is 0 Å². The lowest BCUT2D eigenvalue weighted by Crippen LogP contribution is -2.42. The number of hydrogen-bond acceptors (Lipinski definition) is 3. The van der Waals surface area contributed by atoms with Crippen molar-refractivity contribution >= 4 is 31.2 Å². The van der Waals surface area contributed by atoms with Gasteiger partial charge < -0.3 is 4.74 Å². The largest absolute Gasteiger partial charge is 0.381 e. The quantitative estimate of drug-likeness (QED) is 0.389. The molecule has 1 aliphatic heterocycles. The van der Waals surface area contributed by atoms with Crippen molar-refractivity contribution in [2.75, 3.05) is 13.2 Å². The van der Waals surface area contributed by atoms with E-state index in [4.69, 9.17) is 16.3 Å². The second-order valence-corrected chi connectivity index (χ2v) is 14.4. The van der Waals surface area contributed by atoms with Gasteiger partial charge in [-0.05, 0) is 47.9 Å². The standard InChI is InChI=1S/C23H29ClO3Si/c1-5-17-12-16(6-11-28(2,3)4)13-18(24)21(17)22-19(25)14-23(15-20(22)26)7-9-27-10-8-23/h12-13,22H,5,7-10,14-15H2,1-4H3. The zero-order valence-corrected chi connectivity index (χ0v) is 19.0. The maximum Gasteiger partial charge on any atom is 0.148 e. The number of aryl methyl sites for hydroxylation is 1. The van der Waals surface area contributed by atoms with E-state index in [1.54, 1.807) is 0 Å². The Morgan fingerprint density at radius 2 is 1.75 bits per heavy atom. The minimum atomic E-state index is -1.50. The number of Topliss-reactive ketones (excluding diaryl/α,β-unsaturated/α-hetero) is 2. The van der Waals surface area contributed by atoms with Crippen LogP contribution < -0.4 is 0 Å². The number of benzene rings is 1. The Morgan fingerprint density at radius 1 is 1.14 bits per heavy atom. The van der Waals surface area contributed by atoms with Crippen molar-refractivity contribution in [2.24, 2.45) is 5.41 Å². The Labute approximate surface area is 174 Å². The first kappa shape index (κ1) is 21.3. The first-order valence-corrected chi connectivity index (χ1v) is 14.0. The fraction of sp³-hybridized carbons (Fsp3) is 0.565. The van der Waals surface area contributed by atoms with Crippen molar-refractivity contribution in [3.05, 3.63) is 33.8 Å². The second kappa shape index (κ2) is 8.14. The summed E-state index contributed by atoms with van der Waals surface area (Å²) in [6.45, 7) is 9.89. The van der Waals surface area contributed by atoms with Crippen LogP contribution in [-0.4, -0.2) is 32.9 Å². The third-order valence-corrected chi connectivity index (χ3v) is 6.95. The number of ketones is 2. The summed E-state index contributed by atoms with van der Waals surface area (Å²) in [5.41, 5.74) is 5.69. The fourth-order valence-electron chi connectivity index (χ4n) is 4.29. The molecule has 3 nitrogen and oxygen atoms in total. The SMILES string of the molecule is CCc1cc(C#C[Si](C)(C)C)cc(Cl)c1C1C(=O)CC2(CCOCC2)CC1=O. The van der Waals surface area contributed by atoms with Crippen molar-refractivity contribution in [3.63, 3.8) is 0 Å². The Kier molecular flexibility index (Phi) is 6.19. The van der Waals surface area contributed by atoms with Crippen LogP contribution in [0.15, 0.2) is 12.1 Å². The number of rotatable bonds is 2. The van der Waals surface area contributed by atoms with Gasteiger partial charge in [-0.2, -0.15) is 0 Å². The highest BCUT2D eigenvalue weighted by Gasteiger charge is 2.47. The maximum absolute atomic E-state index is 13.1. The van der Waals surface area contributed by atoms with Crippen LogP contribution in [0.5, 0.6) is 0 Å². The highest BCUT2D eigenvalue weighted by atomic mass is 35.5. The molecular formula is C23H29ClO3Si. The Morgan fingerprint density at radius 3 is 2.29 bits per heavy atom. The van der Waals surface area contributed by atoms with Gasteiger partial charge in [0.1, 0.15) is 25.6 Å². The summed E-state index contributed by atoms with van der Waals surface area (Å²) >= 11 is 6.62. The number of ether oxygens (including phenoxy) is 1. The minimum Gasteiger partial charge on any atom is -0.381 e. The molecule has 2 aliphatic rings. The van der Waals surface area contributed by atoms with Crippen LogP contribution >= 0.6 is 11.6 Å². The van der Waals surface area contributed by atoms with E-state index >= 15 is 0 Å². The minimum absolute atomic E-state index is 0.00989. The van der Waals surface area contributed by atoms with Crippen molar-refractivity contribution in [3.8, 4) is 11.5 Å². The number of carbonyl (C=O) groups is 2. The molecule has 5 heteroatoms. The van der Waals surface area contributed by atoms with Crippen molar-refractivity contribution in [2.45, 2.75) is 64.6 Å². The van der Waals surface area contributed by atoms with Gasteiger partial charge in [-0.3, -0.25) is 9.59 Å². The molecule has 1 spiro atoms. The van der Waals surface area contributed by atoms with E-state index in [1.807, 2.05) is 19.1 Å². The van der Waals surface area contributed by atoms with Crippen molar-refractivity contribution in [1.29, 1.82) is 0 Å². The van der Waals surface area contributed by atoms with Crippen molar-refractivity contribution < 1.29 is 14.3 Å². The van der Waals surface area contributed by atoms with E-state index < -0.39 is 14.0 Å². The normalized spacial score (nSPS) is 20.2. The second-order valence-electron chi connectivity index (χ2n) is 9.22. The fourth-order valence-corrected chi connectivity index (χ4v) is 5.16. The molecular weight excluding hydrogens is 388 g/mol. The average molecular weight is 417 g/mol. The molecule has 0 radical (unpaired) electrons. The Hall–Kier alpha value is -1.41. The topological polar surface area (TPSA) is 43.4 Å². The average Bonchev–Trinajstić information content (AvgIpc) is 2.60. The summed E-state index contributed by atoms with van der Waals surface area (Å²) in [7, 11) is -1.50. The molecule has 0 unspecified atom stereocenters. The monoisotopic (exact) mass is 416 g/mol. The van der Waals surface area contributed by atoms with Crippen LogP contribution in [0.1, 0.15) is 55.2 Å². The molecule has 150 valence electrons. The van der Waals surface area contributed by atoms with Gasteiger partial charge in [-0.1, -0.05) is 44.1 Å². The molecule has 3 rings (SSSR count). The van der Waals surface area contributed by atoms with Gasteiger partial charge in [0.25, 0.3) is 0 Å². The highest BCUT2D eigenvalue weighted by Crippen LogP contribution is 2.47. The molecule has 0 atom stereocenters. The Bertz CT molecular complexity index is 831.